The lowest BCUT2D eigenvalue weighted by atomic mass is 10.3. The third kappa shape index (κ3) is 9.28. The molecular formula is C4H14N2O2. The van der Waals surface area contributed by atoms with Crippen LogP contribution in [0, 0.1) is 0 Å². The smallest absolute Gasteiger partial charge is 0.0582 e. The van der Waals surface area contributed by atoms with E-state index < -0.39 is 0 Å². The Morgan fingerprint density at radius 1 is 1.50 bits per heavy atom. The first-order valence-corrected chi connectivity index (χ1v) is 2.43. The van der Waals surface area contributed by atoms with E-state index in [1.165, 1.54) is 0 Å². The zero-order valence-corrected chi connectivity index (χ0v) is 5.04. The first-order chi connectivity index (χ1) is 3.81. The lowest BCUT2D eigenvalue weighted by molar-refractivity contribution is 0.263. The van der Waals surface area contributed by atoms with Crippen molar-refractivity contribution in [3.63, 3.8) is 0 Å². The average molecular weight is 122 g/mol. The van der Waals surface area contributed by atoms with E-state index in [0.717, 1.165) is 6.42 Å². The van der Waals surface area contributed by atoms with Gasteiger partial charge in [-0.25, -0.2) is 5.90 Å². The summed E-state index contributed by atoms with van der Waals surface area (Å²) >= 11 is 0. The Kier molecular flexibility index (Phi) is 13.4. The van der Waals surface area contributed by atoms with E-state index in [4.69, 9.17) is 16.0 Å². The fourth-order valence-electron chi connectivity index (χ4n) is 0.129. The number of hydrogen-bond donors (Lipinski definition) is 4. The molecule has 0 bridgehead atoms. The average Bonchev–Trinajstić information content (AvgIpc) is 1.91. The molecule has 0 aromatic rings. The third-order valence-corrected chi connectivity index (χ3v) is 0.759. The molecule has 0 saturated heterocycles. The van der Waals surface area contributed by atoms with Gasteiger partial charge in [0, 0.05) is 6.04 Å². The molecule has 0 aromatic carbocycles. The third-order valence-electron chi connectivity index (χ3n) is 0.759. The molecule has 6 N–H and O–H groups in total. The van der Waals surface area contributed by atoms with Crippen molar-refractivity contribution in [1.82, 2.24) is 0 Å². The lowest BCUT2D eigenvalue weighted by Gasteiger charge is -1.98. The normalized spacial score (nSPS) is 11.6. The van der Waals surface area contributed by atoms with Crippen molar-refractivity contribution in [1.29, 1.82) is 0 Å². The van der Waals surface area contributed by atoms with E-state index in [2.05, 4.69) is 5.90 Å². The van der Waals surface area contributed by atoms with Crippen molar-refractivity contribution in [2.75, 3.05) is 6.61 Å². The van der Waals surface area contributed by atoms with Crippen LogP contribution in [0.15, 0.2) is 0 Å². The Morgan fingerprint density at radius 2 is 1.88 bits per heavy atom. The van der Waals surface area contributed by atoms with Crippen LogP contribution in [0.3, 0.4) is 0 Å². The largest absolute Gasteiger partial charge is 0.395 e. The van der Waals surface area contributed by atoms with Gasteiger partial charge in [0.15, 0.2) is 0 Å². The van der Waals surface area contributed by atoms with Crippen LogP contribution in [0.25, 0.3) is 0 Å². The van der Waals surface area contributed by atoms with Crippen LogP contribution in [0.2, 0.25) is 0 Å². The van der Waals surface area contributed by atoms with E-state index >= 15 is 0 Å². The summed E-state index contributed by atoms with van der Waals surface area (Å²) < 4.78 is 0. The maximum Gasteiger partial charge on any atom is 0.0582 e. The molecule has 0 aliphatic rings. The van der Waals surface area contributed by atoms with Crippen LogP contribution in [0.5, 0.6) is 0 Å². The topological polar surface area (TPSA) is 92.5 Å². The van der Waals surface area contributed by atoms with Gasteiger partial charge in [-0.1, -0.05) is 6.92 Å². The van der Waals surface area contributed by atoms with Crippen LogP contribution >= 0.6 is 0 Å². The summed E-state index contributed by atoms with van der Waals surface area (Å²) in [4.78, 5) is 0. The second kappa shape index (κ2) is 9.96. The number of hydrogen-bond acceptors (Lipinski definition) is 4. The minimum absolute atomic E-state index is 0.00926. The van der Waals surface area contributed by atoms with E-state index in [-0.39, 0.29) is 12.6 Å². The molecule has 0 heterocycles. The van der Waals surface area contributed by atoms with Crippen molar-refractivity contribution in [3.05, 3.63) is 0 Å². The second-order valence-electron chi connectivity index (χ2n) is 1.35. The molecule has 52 valence electrons. The summed E-state index contributed by atoms with van der Waals surface area (Å²) in [7, 11) is 0. The Bertz CT molecular complexity index is 31.2. The molecule has 0 radical (unpaired) electrons. The van der Waals surface area contributed by atoms with Gasteiger partial charge in [-0.15, -0.1) is 0 Å². The van der Waals surface area contributed by atoms with Crippen LogP contribution < -0.4 is 11.6 Å². The van der Waals surface area contributed by atoms with Crippen molar-refractivity contribution in [2.24, 2.45) is 11.6 Å². The van der Waals surface area contributed by atoms with Crippen molar-refractivity contribution < 1.29 is 10.3 Å². The van der Waals surface area contributed by atoms with Gasteiger partial charge in [-0.3, -0.25) is 0 Å². The van der Waals surface area contributed by atoms with Gasteiger partial charge < -0.3 is 16.0 Å². The zero-order valence-electron chi connectivity index (χ0n) is 5.04. The van der Waals surface area contributed by atoms with Gasteiger partial charge in [0.1, 0.15) is 0 Å². The van der Waals surface area contributed by atoms with Crippen molar-refractivity contribution in [3.8, 4) is 0 Å². The standard InChI is InChI=1S/C4H11NO.H3NO/c1-2-4(5)3-6;1-2/h4,6H,2-3,5H2,1H3;2H,1H2/t4-;/m0./s1. The molecule has 0 aliphatic heterocycles. The van der Waals surface area contributed by atoms with Gasteiger partial charge in [-0.05, 0) is 6.42 Å². The molecule has 8 heavy (non-hydrogen) atoms. The molecule has 0 aliphatic carbocycles. The highest BCUT2D eigenvalue weighted by atomic mass is 16.4. The van der Waals surface area contributed by atoms with Crippen molar-refractivity contribution in [2.45, 2.75) is 19.4 Å². The summed E-state index contributed by atoms with van der Waals surface area (Å²) in [6.45, 7) is 2.05. The minimum Gasteiger partial charge on any atom is -0.395 e. The molecule has 0 fully saturated rings. The van der Waals surface area contributed by atoms with Crippen LogP contribution in [0.4, 0.5) is 0 Å². The molecule has 0 aromatic heterocycles. The fourth-order valence-corrected chi connectivity index (χ4v) is 0.129. The molecule has 0 spiro atoms. The Hall–Kier alpha value is -0.160. The van der Waals surface area contributed by atoms with Gasteiger partial charge >= 0.3 is 0 Å². The van der Waals surface area contributed by atoms with Crippen LogP contribution in [0.1, 0.15) is 13.3 Å². The molecule has 4 nitrogen and oxygen atoms in total. The lowest BCUT2D eigenvalue weighted by Crippen LogP contribution is -2.22. The van der Waals surface area contributed by atoms with Crippen LogP contribution in [-0.2, 0) is 0 Å². The highest BCUT2D eigenvalue weighted by molar-refractivity contribution is 4.51. The second-order valence-corrected chi connectivity index (χ2v) is 1.35. The molecule has 0 rings (SSSR count). The van der Waals surface area contributed by atoms with Gasteiger partial charge in [0.2, 0.25) is 0 Å². The Balaban J connectivity index is 0. The summed E-state index contributed by atoms with van der Waals surface area (Å²) in [5.74, 6) is 3.50. The first-order valence-electron chi connectivity index (χ1n) is 2.43. The summed E-state index contributed by atoms with van der Waals surface area (Å²) in [5.41, 5.74) is 5.22. The molecule has 0 amide bonds. The molecule has 4 heteroatoms. The Labute approximate surface area is 49.1 Å². The number of rotatable bonds is 2. The predicted molar refractivity (Wildman–Crippen MR) is 31.3 cm³/mol. The zero-order chi connectivity index (χ0) is 6.99. The SMILES string of the molecule is CC[C@H](N)CO.NO. The quantitative estimate of drug-likeness (QED) is 0.355. The molecule has 0 saturated carbocycles. The first kappa shape index (κ1) is 10.8. The monoisotopic (exact) mass is 122 g/mol. The van der Waals surface area contributed by atoms with E-state index in [1.54, 1.807) is 0 Å². The minimum atomic E-state index is -0.00926. The molecule has 0 unspecified atom stereocenters. The summed E-state index contributed by atoms with van der Waals surface area (Å²) in [6.07, 6.45) is 0.858. The molecular weight excluding hydrogens is 108 g/mol. The van der Waals surface area contributed by atoms with Crippen molar-refractivity contribution >= 4 is 0 Å². The van der Waals surface area contributed by atoms with Crippen LogP contribution in [-0.4, -0.2) is 23.0 Å². The summed E-state index contributed by atoms with van der Waals surface area (Å²) in [6, 6.07) is -0.00926. The number of aliphatic hydroxyl groups is 1. The fraction of sp³-hybridized carbons (Fsp3) is 1.00. The van der Waals surface area contributed by atoms with E-state index in [0.29, 0.717) is 0 Å². The number of nitrogens with two attached hydrogens (primary N) is 2. The highest BCUT2D eigenvalue weighted by Crippen LogP contribution is 1.79. The highest BCUT2D eigenvalue weighted by Gasteiger charge is 1.90. The van der Waals surface area contributed by atoms with Gasteiger partial charge in [0.05, 0.1) is 6.61 Å². The molecule has 1 atom stereocenters. The maximum atomic E-state index is 8.21. The predicted octanol–water partition coefficient (Wildman–Crippen LogP) is -0.950. The maximum absolute atomic E-state index is 8.21. The number of aliphatic hydroxyl groups excluding tert-OH is 1. The summed E-state index contributed by atoms with van der Waals surface area (Å²) in [5, 5.41) is 14.7. The van der Waals surface area contributed by atoms with Gasteiger partial charge in [0.25, 0.3) is 0 Å². The van der Waals surface area contributed by atoms with Gasteiger partial charge in [-0.2, -0.15) is 0 Å². The van der Waals surface area contributed by atoms with E-state index in [9.17, 15) is 0 Å². The Morgan fingerprint density at radius 3 is 1.88 bits per heavy atom. The van der Waals surface area contributed by atoms with E-state index in [1.807, 2.05) is 6.92 Å².